The van der Waals surface area contributed by atoms with Crippen molar-refractivity contribution < 1.29 is 9.18 Å². The van der Waals surface area contributed by atoms with Crippen molar-refractivity contribution in [1.82, 2.24) is 15.0 Å². The zero-order valence-corrected chi connectivity index (χ0v) is 16.2. The summed E-state index contributed by atoms with van der Waals surface area (Å²) < 4.78 is 13.1. The highest BCUT2D eigenvalue weighted by molar-refractivity contribution is 7.16. The Morgan fingerprint density at radius 1 is 1.21 bits per heavy atom. The third-order valence-corrected chi connectivity index (χ3v) is 5.77. The predicted octanol–water partition coefficient (Wildman–Crippen LogP) is 3.90. The van der Waals surface area contributed by atoms with Crippen molar-refractivity contribution in [1.29, 1.82) is 0 Å². The fourth-order valence-corrected chi connectivity index (χ4v) is 4.20. The van der Waals surface area contributed by atoms with Crippen LogP contribution < -0.4 is 10.2 Å². The van der Waals surface area contributed by atoms with Gasteiger partial charge in [0.15, 0.2) is 5.13 Å². The van der Waals surface area contributed by atoms with Crippen LogP contribution in [0.15, 0.2) is 42.9 Å². The van der Waals surface area contributed by atoms with Crippen LogP contribution in [0.3, 0.4) is 0 Å². The van der Waals surface area contributed by atoms with Gasteiger partial charge >= 0.3 is 0 Å². The normalized spacial score (nSPS) is 14.9. The highest BCUT2D eigenvalue weighted by Gasteiger charge is 2.26. The molecule has 0 aliphatic carbocycles. The van der Waals surface area contributed by atoms with Gasteiger partial charge in [-0.15, -0.1) is 11.3 Å². The summed E-state index contributed by atoms with van der Waals surface area (Å²) in [6.45, 7) is 3.49. The molecule has 144 valence electrons. The van der Waals surface area contributed by atoms with E-state index >= 15 is 0 Å². The number of piperidine rings is 1. The van der Waals surface area contributed by atoms with E-state index in [-0.39, 0.29) is 17.6 Å². The first-order chi connectivity index (χ1) is 13.6. The molecule has 3 heterocycles. The summed E-state index contributed by atoms with van der Waals surface area (Å²) in [5.41, 5.74) is 1.62. The molecular formula is C20H20FN5OS. The molecule has 0 radical (unpaired) electrons. The van der Waals surface area contributed by atoms with Crippen LogP contribution in [0.4, 0.5) is 15.3 Å². The van der Waals surface area contributed by atoms with E-state index in [1.807, 2.05) is 6.92 Å². The maximum atomic E-state index is 13.1. The first-order valence-electron chi connectivity index (χ1n) is 9.15. The number of hydrogen-bond acceptors (Lipinski definition) is 6. The lowest BCUT2D eigenvalue weighted by atomic mass is 9.96. The van der Waals surface area contributed by atoms with E-state index in [0.29, 0.717) is 5.13 Å². The number of benzene rings is 1. The van der Waals surface area contributed by atoms with Gasteiger partial charge in [-0.05, 0) is 44.0 Å². The van der Waals surface area contributed by atoms with Crippen LogP contribution in [-0.4, -0.2) is 33.9 Å². The second-order valence-electron chi connectivity index (χ2n) is 6.74. The Morgan fingerprint density at radius 3 is 2.64 bits per heavy atom. The van der Waals surface area contributed by atoms with E-state index in [4.69, 9.17) is 0 Å². The maximum absolute atomic E-state index is 13.1. The quantitative estimate of drug-likeness (QED) is 0.723. The number of anilines is 2. The number of hydrogen-bond donors (Lipinski definition) is 1. The summed E-state index contributed by atoms with van der Waals surface area (Å²) >= 11 is 1.44. The lowest BCUT2D eigenvalue weighted by molar-refractivity contribution is -0.120. The predicted molar refractivity (Wildman–Crippen MR) is 108 cm³/mol. The van der Waals surface area contributed by atoms with Crippen molar-refractivity contribution in [2.24, 2.45) is 5.92 Å². The van der Waals surface area contributed by atoms with E-state index < -0.39 is 0 Å². The zero-order valence-electron chi connectivity index (χ0n) is 15.4. The molecule has 28 heavy (non-hydrogen) atoms. The summed E-state index contributed by atoms with van der Waals surface area (Å²) in [5.74, 6) is 0.517. The monoisotopic (exact) mass is 397 g/mol. The lowest BCUT2D eigenvalue weighted by Gasteiger charge is -2.31. The van der Waals surface area contributed by atoms with Crippen LogP contribution in [0, 0.1) is 18.7 Å². The Bertz CT molecular complexity index is 952. The van der Waals surface area contributed by atoms with Crippen molar-refractivity contribution in [2.75, 3.05) is 23.3 Å². The second kappa shape index (κ2) is 8.02. The summed E-state index contributed by atoms with van der Waals surface area (Å²) in [6.07, 6.45) is 6.60. The van der Waals surface area contributed by atoms with Gasteiger partial charge in [0.05, 0.1) is 11.9 Å². The number of nitrogens with zero attached hydrogens (tertiary/aromatic N) is 4. The molecule has 3 aromatic rings. The van der Waals surface area contributed by atoms with Crippen molar-refractivity contribution in [2.45, 2.75) is 19.8 Å². The summed E-state index contributed by atoms with van der Waals surface area (Å²) in [6, 6.07) is 6.23. The first kappa shape index (κ1) is 18.5. The molecule has 1 saturated heterocycles. The SMILES string of the molecule is Cc1sc(NC(=O)C2CCN(c3cnccn3)CC2)nc1-c1ccc(F)cc1. The molecular weight excluding hydrogens is 377 g/mol. The molecule has 1 N–H and O–H groups in total. The molecule has 0 bridgehead atoms. The summed E-state index contributed by atoms with van der Waals surface area (Å²) in [5, 5.41) is 3.54. The number of halogens is 1. The number of aryl methyl sites for hydroxylation is 1. The van der Waals surface area contributed by atoms with E-state index in [2.05, 4.69) is 25.2 Å². The molecule has 2 aromatic heterocycles. The Hall–Kier alpha value is -2.87. The molecule has 6 nitrogen and oxygen atoms in total. The van der Waals surface area contributed by atoms with E-state index in [1.54, 1.807) is 30.7 Å². The maximum Gasteiger partial charge on any atom is 0.229 e. The number of carbonyl (C=O) groups excluding carboxylic acids is 1. The standard InChI is InChI=1S/C20H20FN5OS/c1-13-18(14-2-4-16(21)5-3-14)24-20(28-13)25-19(27)15-6-10-26(11-7-15)17-12-22-8-9-23-17/h2-5,8-9,12,15H,6-7,10-11H2,1H3,(H,24,25,27). The molecule has 1 aliphatic rings. The molecule has 4 rings (SSSR count). The van der Waals surface area contributed by atoms with Crippen molar-refractivity contribution >= 4 is 28.2 Å². The molecule has 0 saturated carbocycles. The van der Waals surface area contributed by atoms with Crippen LogP contribution in [0.2, 0.25) is 0 Å². The van der Waals surface area contributed by atoms with E-state index in [9.17, 15) is 9.18 Å². The number of aromatic nitrogens is 3. The minimum absolute atomic E-state index is 0.00166. The van der Waals surface area contributed by atoms with E-state index in [1.165, 1.54) is 23.5 Å². The van der Waals surface area contributed by atoms with Crippen LogP contribution in [0.25, 0.3) is 11.3 Å². The Balaban J connectivity index is 1.38. The molecule has 1 aliphatic heterocycles. The van der Waals surface area contributed by atoms with Gasteiger partial charge in [0.25, 0.3) is 0 Å². The molecule has 0 atom stereocenters. The fraction of sp³-hybridized carbons (Fsp3) is 0.300. The number of carbonyl (C=O) groups is 1. The topological polar surface area (TPSA) is 71.0 Å². The van der Waals surface area contributed by atoms with Crippen LogP contribution in [0.5, 0.6) is 0 Å². The Morgan fingerprint density at radius 2 is 1.96 bits per heavy atom. The minimum Gasteiger partial charge on any atom is -0.355 e. The van der Waals surface area contributed by atoms with Gasteiger partial charge in [-0.2, -0.15) is 0 Å². The zero-order chi connectivity index (χ0) is 19.5. The highest BCUT2D eigenvalue weighted by Crippen LogP contribution is 2.31. The second-order valence-corrected chi connectivity index (χ2v) is 7.95. The third-order valence-electron chi connectivity index (χ3n) is 4.88. The van der Waals surface area contributed by atoms with Crippen molar-refractivity contribution in [3.05, 3.63) is 53.6 Å². The smallest absolute Gasteiger partial charge is 0.229 e. The minimum atomic E-state index is -0.280. The molecule has 0 spiro atoms. The van der Waals surface area contributed by atoms with Gasteiger partial charge in [-0.25, -0.2) is 14.4 Å². The van der Waals surface area contributed by atoms with Crippen LogP contribution in [-0.2, 0) is 4.79 Å². The van der Waals surface area contributed by atoms with E-state index in [0.717, 1.165) is 47.9 Å². The summed E-state index contributed by atoms with van der Waals surface area (Å²) in [4.78, 5) is 28.8. The van der Waals surface area contributed by atoms with Gasteiger partial charge in [0.2, 0.25) is 5.91 Å². The lowest BCUT2D eigenvalue weighted by Crippen LogP contribution is -2.38. The molecule has 8 heteroatoms. The van der Waals surface area contributed by atoms with Gasteiger partial charge in [-0.3, -0.25) is 9.78 Å². The molecule has 1 fully saturated rings. The van der Waals surface area contributed by atoms with Gasteiger partial charge in [0, 0.05) is 41.8 Å². The Labute approximate surface area is 166 Å². The van der Waals surface area contributed by atoms with Crippen LogP contribution >= 0.6 is 11.3 Å². The van der Waals surface area contributed by atoms with Crippen molar-refractivity contribution in [3.8, 4) is 11.3 Å². The van der Waals surface area contributed by atoms with Crippen LogP contribution in [0.1, 0.15) is 17.7 Å². The molecule has 0 unspecified atom stereocenters. The average Bonchev–Trinajstić information content (AvgIpc) is 3.09. The van der Waals surface area contributed by atoms with Crippen molar-refractivity contribution in [3.63, 3.8) is 0 Å². The highest BCUT2D eigenvalue weighted by atomic mass is 32.1. The van der Waals surface area contributed by atoms with Gasteiger partial charge in [-0.1, -0.05) is 0 Å². The number of thiazole rings is 1. The first-order valence-corrected chi connectivity index (χ1v) is 9.97. The fourth-order valence-electron chi connectivity index (χ4n) is 3.36. The average molecular weight is 397 g/mol. The molecule has 1 amide bonds. The van der Waals surface area contributed by atoms with Gasteiger partial charge < -0.3 is 10.2 Å². The number of rotatable bonds is 4. The third kappa shape index (κ3) is 4.01. The largest absolute Gasteiger partial charge is 0.355 e. The summed E-state index contributed by atoms with van der Waals surface area (Å²) in [7, 11) is 0. The number of nitrogens with one attached hydrogen (secondary N) is 1. The molecule has 1 aromatic carbocycles. The number of amides is 1. The Kier molecular flexibility index (Phi) is 5.29. The van der Waals surface area contributed by atoms with Gasteiger partial charge in [0.1, 0.15) is 11.6 Å².